The Hall–Kier alpha value is -2.42. The molecule has 0 saturated carbocycles. The Labute approximate surface area is 155 Å². The molecule has 2 aromatic rings. The molecule has 0 bridgehead atoms. The Kier molecular flexibility index (Phi) is 5.26. The normalized spacial score (nSPS) is 15.4. The van der Waals surface area contributed by atoms with Gasteiger partial charge in [-0.3, -0.25) is 5.32 Å². The molecule has 5 heteroatoms. The summed E-state index contributed by atoms with van der Waals surface area (Å²) >= 11 is 0. The van der Waals surface area contributed by atoms with E-state index in [4.69, 9.17) is 4.74 Å². The maximum Gasteiger partial charge on any atom is 0.291 e. The highest BCUT2D eigenvalue weighted by atomic mass is 16.5. The number of ether oxygens (including phenoxy) is 1. The highest BCUT2D eigenvalue weighted by Crippen LogP contribution is 2.35. The van der Waals surface area contributed by atoms with Gasteiger partial charge in [0.25, 0.3) is 5.82 Å². The maximum atomic E-state index is 9.86. The largest absolute Gasteiger partial charge is 0.370 e. The third-order valence-corrected chi connectivity index (χ3v) is 4.78. The van der Waals surface area contributed by atoms with Gasteiger partial charge in [0.1, 0.15) is 30.4 Å². The zero-order chi connectivity index (χ0) is 18.7. The second kappa shape index (κ2) is 7.45. The van der Waals surface area contributed by atoms with Gasteiger partial charge in [-0.1, -0.05) is 30.3 Å². The second-order valence-corrected chi connectivity index (χ2v) is 7.79. The molecule has 0 saturated heterocycles. The number of hydrogen-bond donors (Lipinski definition) is 2. The first-order chi connectivity index (χ1) is 12.4. The first-order valence-corrected chi connectivity index (χ1v) is 9.14. The number of nitrogens with one attached hydrogen (secondary N) is 3. The van der Waals surface area contributed by atoms with Crippen LogP contribution in [0.15, 0.2) is 30.3 Å². The second-order valence-electron chi connectivity index (χ2n) is 7.79. The smallest absolute Gasteiger partial charge is 0.291 e. The van der Waals surface area contributed by atoms with Crippen molar-refractivity contribution in [1.82, 2.24) is 0 Å². The summed E-state index contributed by atoms with van der Waals surface area (Å²) in [7, 11) is 4.25. The van der Waals surface area contributed by atoms with E-state index < -0.39 is 0 Å². The van der Waals surface area contributed by atoms with Gasteiger partial charge in [-0.2, -0.15) is 5.26 Å². The van der Waals surface area contributed by atoms with Gasteiger partial charge < -0.3 is 9.64 Å². The van der Waals surface area contributed by atoms with Crippen molar-refractivity contribution in [3.05, 3.63) is 47.0 Å². The van der Waals surface area contributed by atoms with Crippen molar-refractivity contribution >= 4 is 5.82 Å². The molecule has 136 valence electrons. The standard InChI is InChI=1S/C21H26N4O/c1-21(2)12-16-17(13-22)20(23-10-11-25(3)4)24-19(18(16)14-26-21)15-8-6-5-7-9-15/h5-9H,10-12,14H2,1-4H3,(H,23,24)/p+2. The maximum absolute atomic E-state index is 9.86. The van der Waals surface area contributed by atoms with E-state index in [0.29, 0.717) is 12.2 Å². The van der Waals surface area contributed by atoms with Crippen LogP contribution in [0.5, 0.6) is 0 Å². The van der Waals surface area contributed by atoms with Crippen molar-refractivity contribution in [2.45, 2.75) is 32.5 Å². The van der Waals surface area contributed by atoms with Gasteiger partial charge in [0.15, 0.2) is 0 Å². The number of quaternary nitrogens is 1. The van der Waals surface area contributed by atoms with Crippen LogP contribution in [0.3, 0.4) is 0 Å². The molecular formula is C21H28N4O+2. The van der Waals surface area contributed by atoms with E-state index in [1.165, 1.54) is 4.90 Å². The molecule has 1 aliphatic heterocycles. The van der Waals surface area contributed by atoms with Crippen LogP contribution in [0.2, 0.25) is 0 Å². The Bertz CT molecular complexity index is 822. The van der Waals surface area contributed by atoms with Gasteiger partial charge >= 0.3 is 0 Å². The number of anilines is 1. The summed E-state index contributed by atoms with van der Waals surface area (Å²) in [5, 5.41) is 13.3. The van der Waals surface area contributed by atoms with Gasteiger partial charge in [0, 0.05) is 17.5 Å². The lowest BCUT2D eigenvalue weighted by Gasteiger charge is -2.32. The number of fused-ring (bicyclic) bond motifs is 1. The molecule has 3 rings (SSSR count). The van der Waals surface area contributed by atoms with E-state index in [0.717, 1.165) is 47.7 Å². The van der Waals surface area contributed by atoms with Crippen molar-refractivity contribution < 1.29 is 14.6 Å². The van der Waals surface area contributed by atoms with Crippen molar-refractivity contribution in [2.75, 3.05) is 32.5 Å². The summed E-state index contributed by atoms with van der Waals surface area (Å²) in [5.41, 5.74) is 4.79. The summed E-state index contributed by atoms with van der Waals surface area (Å²) in [6, 6.07) is 12.7. The number of nitrogens with zero attached hydrogens (tertiary/aromatic N) is 1. The Morgan fingerprint density at radius 1 is 1.23 bits per heavy atom. The van der Waals surface area contributed by atoms with Gasteiger partial charge in [0.05, 0.1) is 26.3 Å². The van der Waals surface area contributed by atoms with Crippen LogP contribution in [0, 0.1) is 11.3 Å². The van der Waals surface area contributed by atoms with Crippen LogP contribution in [0.1, 0.15) is 30.5 Å². The third kappa shape index (κ3) is 3.87. The van der Waals surface area contributed by atoms with E-state index in [1.54, 1.807) is 0 Å². The third-order valence-electron chi connectivity index (χ3n) is 4.78. The number of rotatable bonds is 5. The van der Waals surface area contributed by atoms with Crippen molar-refractivity contribution in [3.8, 4) is 17.3 Å². The number of aromatic amines is 1. The lowest BCUT2D eigenvalue weighted by Crippen LogP contribution is -3.06. The molecule has 0 radical (unpaired) electrons. The van der Waals surface area contributed by atoms with Crippen LogP contribution in [0.4, 0.5) is 5.82 Å². The average molecular weight is 352 g/mol. The monoisotopic (exact) mass is 352 g/mol. The molecule has 0 fully saturated rings. The highest BCUT2D eigenvalue weighted by molar-refractivity contribution is 5.67. The van der Waals surface area contributed by atoms with Crippen LogP contribution >= 0.6 is 0 Å². The summed E-state index contributed by atoms with van der Waals surface area (Å²) < 4.78 is 6.05. The summed E-state index contributed by atoms with van der Waals surface area (Å²) in [6.45, 7) is 6.46. The quantitative estimate of drug-likeness (QED) is 0.856. The van der Waals surface area contributed by atoms with Crippen LogP contribution < -0.4 is 15.2 Å². The minimum Gasteiger partial charge on any atom is -0.370 e. The lowest BCUT2D eigenvalue weighted by molar-refractivity contribution is -0.856. The van der Waals surface area contributed by atoms with E-state index in [9.17, 15) is 5.26 Å². The Morgan fingerprint density at radius 2 is 1.96 bits per heavy atom. The summed E-state index contributed by atoms with van der Waals surface area (Å²) in [6.07, 6.45) is 0.730. The Morgan fingerprint density at radius 3 is 2.62 bits per heavy atom. The molecule has 2 heterocycles. The van der Waals surface area contributed by atoms with Crippen LogP contribution in [-0.4, -0.2) is 32.8 Å². The number of H-pyrrole nitrogens is 1. The SMILES string of the molecule is C[NH+](C)CCNc1[nH+]c(-c2ccccc2)c2c(c1C#N)CC(C)(C)OC2. The predicted octanol–water partition coefficient (Wildman–Crippen LogP) is 1.45. The Balaban J connectivity index is 2.11. The molecule has 0 unspecified atom stereocenters. The first kappa shape index (κ1) is 18.4. The molecular weight excluding hydrogens is 324 g/mol. The fraction of sp³-hybridized carbons (Fsp3) is 0.429. The molecule has 3 N–H and O–H groups in total. The van der Waals surface area contributed by atoms with Gasteiger partial charge in [-0.05, 0) is 19.4 Å². The summed E-state index contributed by atoms with van der Waals surface area (Å²) in [4.78, 5) is 4.85. The predicted molar refractivity (Wildman–Crippen MR) is 102 cm³/mol. The van der Waals surface area contributed by atoms with Crippen molar-refractivity contribution in [1.29, 1.82) is 5.26 Å². The average Bonchev–Trinajstić information content (AvgIpc) is 2.60. The summed E-state index contributed by atoms with van der Waals surface area (Å²) in [5.74, 6) is 0.809. The number of nitriles is 1. The molecule has 1 aromatic heterocycles. The molecule has 0 amide bonds. The van der Waals surface area contributed by atoms with E-state index >= 15 is 0 Å². The zero-order valence-corrected chi connectivity index (χ0v) is 16.1. The molecule has 0 aliphatic carbocycles. The fourth-order valence-corrected chi connectivity index (χ4v) is 3.36. The lowest BCUT2D eigenvalue weighted by atomic mass is 9.87. The fourth-order valence-electron chi connectivity index (χ4n) is 3.36. The van der Waals surface area contributed by atoms with Crippen molar-refractivity contribution in [2.24, 2.45) is 0 Å². The highest BCUT2D eigenvalue weighted by Gasteiger charge is 2.34. The minimum absolute atomic E-state index is 0.265. The number of likely N-dealkylation sites (N-methyl/N-ethyl adjacent to an activating group) is 1. The van der Waals surface area contributed by atoms with Crippen LogP contribution in [-0.2, 0) is 17.8 Å². The molecule has 0 atom stereocenters. The topological polar surface area (TPSA) is 63.6 Å². The van der Waals surface area contributed by atoms with Gasteiger partial charge in [-0.25, -0.2) is 4.98 Å². The molecule has 0 spiro atoms. The zero-order valence-electron chi connectivity index (χ0n) is 16.1. The number of benzene rings is 1. The number of pyridine rings is 1. The van der Waals surface area contributed by atoms with Gasteiger partial charge in [-0.15, -0.1) is 0 Å². The number of aromatic nitrogens is 1. The van der Waals surface area contributed by atoms with Crippen LogP contribution in [0.25, 0.3) is 11.3 Å². The van der Waals surface area contributed by atoms with Gasteiger partial charge in [0.2, 0.25) is 0 Å². The molecule has 1 aliphatic rings. The number of hydrogen-bond acceptors (Lipinski definition) is 3. The van der Waals surface area contributed by atoms with E-state index in [-0.39, 0.29) is 5.60 Å². The molecule has 26 heavy (non-hydrogen) atoms. The molecule has 1 aromatic carbocycles. The molecule has 5 nitrogen and oxygen atoms in total. The van der Waals surface area contributed by atoms with E-state index in [2.05, 4.69) is 56.4 Å². The van der Waals surface area contributed by atoms with Crippen molar-refractivity contribution in [3.63, 3.8) is 0 Å². The first-order valence-electron chi connectivity index (χ1n) is 9.14. The van der Waals surface area contributed by atoms with E-state index in [1.807, 2.05) is 18.2 Å². The minimum atomic E-state index is -0.265.